The van der Waals surface area contributed by atoms with Gasteiger partial charge in [-0.05, 0) is 98.0 Å². The maximum atomic E-state index is 14.7. The Morgan fingerprint density at radius 3 is 2.55 bits per heavy atom. The molecule has 14 nitrogen and oxygen atoms in total. The second-order valence-electron chi connectivity index (χ2n) is 18.8. The Kier molecular flexibility index (Phi) is 13.8. The van der Waals surface area contributed by atoms with Crippen molar-refractivity contribution in [2.24, 2.45) is 17.3 Å². The van der Waals surface area contributed by atoms with Crippen LogP contribution in [0.5, 0.6) is 0 Å². The maximum absolute atomic E-state index is 14.7. The van der Waals surface area contributed by atoms with Gasteiger partial charge in [0.05, 0.1) is 30.0 Å². The number of aliphatic hydroxyl groups excluding tert-OH is 1. The lowest BCUT2D eigenvalue weighted by Gasteiger charge is -2.37. The summed E-state index contributed by atoms with van der Waals surface area (Å²) in [6.45, 7) is 17.0. The lowest BCUT2D eigenvalue weighted by Crippen LogP contribution is -2.62. The molecule has 2 fully saturated rings. The van der Waals surface area contributed by atoms with Gasteiger partial charge < -0.3 is 29.5 Å². The number of aliphatic hydroxyl groups is 1. The Bertz CT molecular complexity index is 2440. The Labute approximate surface area is 376 Å². The second-order valence-corrected chi connectivity index (χ2v) is 18.8. The standard InChI is InChI=1S/C50H63N7O7/c1-9-42(59)55-23-20-35(28-55)47(61)54(8)44(30(3)4)46(60)52-40-25-32-14-11-15-33(24-32)34-18-19-41-37(26-34)38(45(56(41)10-2)36-16-12-21-51-43(36)31(5)58)27-50(6,7)29-64-49(63)39-17-13-22-57(53-39)48(40)62/h9,11-12,14-16,18-19,21,24,26,30-31,35,39-40,44,53,58H,1,10,13,17,20,22-23,25,27-29H2,2-8H3,(H,52,60)/t31-,35+,39+,40+,44?/m1/s1. The number of fused-ring (bicyclic) bond motifs is 6. The number of aromatic nitrogens is 2. The summed E-state index contributed by atoms with van der Waals surface area (Å²) in [4.78, 5) is 76.8. The number of ether oxygens (including phenoxy) is 1. The molecule has 3 aliphatic rings. The van der Waals surface area contributed by atoms with Gasteiger partial charge in [-0.1, -0.05) is 64.6 Å². The summed E-state index contributed by atoms with van der Waals surface area (Å²) in [5, 5.41) is 16.4. The average molecular weight is 874 g/mol. The number of likely N-dealkylation sites (tertiary alicyclic amines) is 1. The van der Waals surface area contributed by atoms with Crippen molar-refractivity contribution in [3.8, 4) is 22.4 Å². The fourth-order valence-corrected chi connectivity index (χ4v) is 9.78. The number of esters is 1. The SMILES string of the molecule is C=CC(=O)N1CC[C@H](C(=O)N(C)C(C(=O)N[C@H]2Cc3cccc(c3)-c3ccc4c(c3)c(c(-c3cccnc3[C@@H](C)O)n4CC)CC(C)(C)COC(=O)[C@@H]3CCCN(N3)C2=O)C(C)C)C1. The molecule has 14 heteroatoms. The highest BCUT2D eigenvalue weighted by Crippen LogP contribution is 2.41. The van der Waals surface area contributed by atoms with Crippen LogP contribution in [0.2, 0.25) is 0 Å². The Morgan fingerprint density at radius 2 is 1.83 bits per heavy atom. The zero-order chi connectivity index (χ0) is 46.0. The fraction of sp³-hybridized carbons (Fsp3) is 0.480. The minimum Gasteiger partial charge on any atom is -0.464 e. The van der Waals surface area contributed by atoms with E-state index >= 15 is 0 Å². The van der Waals surface area contributed by atoms with E-state index in [0.29, 0.717) is 51.0 Å². The van der Waals surface area contributed by atoms with Gasteiger partial charge in [0.15, 0.2) is 0 Å². The molecule has 5 atom stereocenters. The van der Waals surface area contributed by atoms with Crippen LogP contribution >= 0.6 is 0 Å². The summed E-state index contributed by atoms with van der Waals surface area (Å²) in [5.74, 6) is -2.62. The second kappa shape index (κ2) is 19.1. The molecule has 0 spiro atoms. The molecule has 64 heavy (non-hydrogen) atoms. The van der Waals surface area contributed by atoms with Gasteiger partial charge in [-0.15, -0.1) is 0 Å². The number of hydrazine groups is 1. The van der Waals surface area contributed by atoms with E-state index in [4.69, 9.17) is 4.74 Å². The van der Waals surface area contributed by atoms with E-state index in [1.54, 1.807) is 25.1 Å². The van der Waals surface area contributed by atoms with Crippen LogP contribution < -0.4 is 10.7 Å². The van der Waals surface area contributed by atoms with E-state index in [9.17, 15) is 29.1 Å². The highest BCUT2D eigenvalue weighted by atomic mass is 16.5. The van der Waals surface area contributed by atoms with Crippen LogP contribution in [0.4, 0.5) is 0 Å². The van der Waals surface area contributed by atoms with Gasteiger partial charge in [-0.25, -0.2) is 5.43 Å². The van der Waals surface area contributed by atoms with Crippen molar-refractivity contribution in [3.05, 3.63) is 90.3 Å². The van der Waals surface area contributed by atoms with Gasteiger partial charge >= 0.3 is 5.97 Å². The maximum Gasteiger partial charge on any atom is 0.324 e. The largest absolute Gasteiger partial charge is 0.464 e. The average Bonchev–Trinajstić information content (AvgIpc) is 3.90. The number of nitrogens with one attached hydrogen (secondary N) is 2. The molecule has 2 aromatic carbocycles. The first kappa shape index (κ1) is 46.1. The van der Waals surface area contributed by atoms with Crippen molar-refractivity contribution >= 4 is 40.5 Å². The molecule has 7 rings (SSSR count). The lowest BCUT2D eigenvalue weighted by molar-refractivity contribution is -0.155. The summed E-state index contributed by atoms with van der Waals surface area (Å²) in [7, 11) is 1.60. The molecule has 4 aromatic rings. The lowest BCUT2D eigenvalue weighted by atomic mass is 9.84. The smallest absolute Gasteiger partial charge is 0.324 e. The Morgan fingerprint density at radius 1 is 1.06 bits per heavy atom. The number of carbonyl (C=O) groups excluding carboxylic acids is 5. The molecule has 3 N–H and O–H groups in total. The molecule has 6 bridgehead atoms. The molecule has 5 heterocycles. The molecule has 2 aromatic heterocycles. The van der Waals surface area contributed by atoms with Gasteiger partial charge in [0.1, 0.15) is 18.1 Å². The summed E-state index contributed by atoms with van der Waals surface area (Å²) >= 11 is 0. The molecular formula is C50H63N7O7. The Hall–Kier alpha value is -5.86. The van der Waals surface area contributed by atoms with Crippen molar-refractivity contribution in [1.82, 2.24) is 35.1 Å². The number of likely N-dealkylation sites (N-methyl/N-ethyl adjacent to an activating group) is 1. The van der Waals surface area contributed by atoms with Crippen LogP contribution in [-0.2, 0) is 48.1 Å². The predicted octanol–water partition coefficient (Wildman–Crippen LogP) is 5.61. The van der Waals surface area contributed by atoms with E-state index in [2.05, 4.69) is 65.8 Å². The zero-order valence-electron chi connectivity index (χ0n) is 38.2. The number of nitrogens with zero attached hydrogens (tertiary/aromatic N) is 5. The molecule has 3 aliphatic heterocycles. The first-order valence-corrected chi connectivity index (χ1v) is 22.6. The zero-order valence-corrected chi connectivity index (χ0v) is 38.2. The summed E-state index contributed by atoms with van der Waals surface area (Å²) < 4.78 is 8.35. The van der Waals surface area contributed by atoms with Gasteiger partial charge in [0.2, 0.25) is 17.7 Å². The molecule has 0 saturated carbocycles. The number of benzene rings is 2. The highest BCUT2D eigenvalue weighted by Gasteiger charge is 2.40. The van der Waals surface area contributed by atoms with Crippen molar-refractivity contribution in [3.63, 3.8) is 0 Å². The molecule has 2 saturated heterocycles. The van der Waals surface area contributed by atoms with Crippen molar-refractivity contribution in [2.75, 3.05) is 33.3 Å². The molecule has 1 unspecified atom stereocenters. The van der Waals surface area contributed by atoms with Crippen LogP contribution in [0.3, 0.4) is 0 Å². The number of carbonyl (C=O) groups is 5. The number of amides is 4. The van der Waals surface area contributed by atoms with Gasteiger partial charge in [-0.2, -0.15) is 0 Å². The van der Waals surface area contributed by atoms with E-state index in [-0.39, 0.29) is 37.3 Å². The minimum atomic E-state index is -1.06. The number of aryl methyl sites for hydroxylation is 1. The minimum absolute atomic E-state index is 0.110. The first-order valence-electron chi connectivity index (χ1n) is 22.6. The quantitative estimate of drug-likeness (QED) is 0.143. The van der Waals surface area contributed by atoms with Crippen molar-refractivity contribution in [2.45, 2.75) is 104 Å². The Balaban J connectivity index is 1.29. The molecule has 0 radical (unpaired) electrons. The van der Waals surface area contributed by atoms with Crippen LogP contribution in [0, 0.1) is 17.3 Å². The number of hydrogen-bond acceptors (Lipinski definition) is 9. The third-order valence-corrected chi connectivity index (χ3v) is 13.0. The molecular weight excluding hydrogens is 811 g/mol. The molecule has 0 aliphatic carbocycles. The normalized spacial score (nSPS) is 21.2. The first-order chi connectivity index (χ1) is 30.5. The fourth-order valence-electron chi connectivity index (χ4n) is 9.78. The van der Waals surface area contributed by atoms with E-state index in [0.717, 1.165) is 44.4 Å². The highest BCUT2D eigenvalue weighted by molar-refractivity contribution is 5.96. The number of cyclic esters (lactones) is 1. The van der Waals surface area contributed by atoms with Crippen molar-refractivity contribution < 1.29 is 33.8 Å². The van der Waals surface area contributed by atoms with Crippen LogP contribution in [0.15, 0.2) is 73.4 Å². The third-order valence-electron chi connectivity index (χ3n) is 13.0. The number of hydrogen-bond donors (Lipinski definition) is 3. The van der Waals surface area contributed by atoms with Crippen LogP contribution in [0.1, 0.15) is 83.7 Å². The van der Waals surface area contributed by atoms with E-state index < -0.39 is 53.3 Å². The number of rotatable bonds is 9. The van der Waals surface area contributed by atoms with E-state index in [1.807, 2.05) is 50.2 Å². The molecule has 340 valence electrons. The van der Waals surface area contributed by atoms with Gasteiger partial charge in [0.25, 0.3) is 5.91 Å². The predicted molar refractivity (Wildman–Crippen MR) is 245 cm³/mol. The summed E-state index contributed by atoms with van der Waals surface area (Å²) in [6, 6.07) is 15.5. The van der Waals surface area contributed by atoms with Gasteiger partial charge in [-0.3, -0.25) is 34.0 Å². The van der Waals surface area contributed by atoms with Gasteiger partial charge in [0, 0.05) is 67.7 Å². The molecule has 4 amide bonds. The third kappa shape index (κ3) is 9.49. The number of pyridine rings is 1. The van der Waals surface area contributed by atoms with Crippen molar-refractivity contribution in [1.29, 1.82) is 0 Å². The summed E-state index contributed by atoms with van der Waals surface area (Å²) in [5.41, 5.74) is 9.75. The van der Waals surface area contributed by atoms with Crippen LogP contribution in [0.25, 0.3) is 33.3 Å². The van der Waals surface area contributed by atoms with E-state index in [1.165, 1.54) is 16.0 Å². The monoisotopic (exact) mass is 873 g/mol. The summed E-state index contributed by atoms with van der Waals surface area (Å²) in [6.07, 6.45) is 4.28. The van der Waals surface area contributed by atoms with Crippen LogP contribution in [-0.4, -0.2) is 110 Å². The topological polar surface area (TPSA) is 166 Å².